The van der Waals surface area contributed by atoms with Gasteiger partial charge in [0.25, 0.3) is 0 Å². The fraction of sp³-hybridized carbons (Fsp3) is 0.0667. The summed E-state index contributed by atoms with van der Waals surface area (Å²) >= 11 is 0. The molecule has 0 spiro atoms. The van der Waals surface area contributed by atoms with Gasteiger partial charge in [0.2, 0.25) is 0 Å². The van der Waals surface area contributed by atoms with Gasteiger partial charge in [-0.25, -0.2) is 0 Å². The molecule has 2 nitrogen and oxygen atoms in total. The molecule has 3 rings (SSSR count). The van der Waals surface area contributed by atoms with E-state index in [-0.39, 0.29) is 0 Å². The standard InChI is InChI=1S/C15H12N2/c1-11-2-4-12(5-3-11)13-8-14-9-16-7-6-15(14)17-10-13/h2-10H,1H3. The number of fused-ring (bicyclic) bond motifs is 1. The molecule has 0 N–H and O–H groups in total. The van der Waals surface area contributed by atoms with Gasteiger partial charge in [-0.15, -0.1) is 0 Å². The molecule has 2 heteroatoms. The van der Waals surface area contributed by atoms with E-state index in [0.717, 1.165) is 16.5 Å². The molecule has 0 aliphatic heterocycles. The molecule has 82 valence electrons. The van der Waals surface area contributed by atoms with Gasteiger partial charge in [0.1, 0.15) is 0 Å². The number of rotatable bonds is 1. The van der Waals surface area contributed by atoms with Crippen LogP contribution in [0.1, 0.15) is 5.56 Å². The second-order valence-corrected chi connectivity index (χ2v) is 4.16. The average molecular weight is 220 g/mol. The molecule has 2 aromatic heterocycles. The molecule has 0 radical (unpaired) electrons. The highest BCUT2D eigenvalue weighted by atomic mass is 14.7. The first-order valence-electron chi connectivity index (χ1n) is 5.60. The highest BCUT2D eigenvalue weighted by molar-refractivity contribution is 5.82. The van der Waals surface area contributed by atoms with Gasteiger partial charge < -0.3 is 0 Å². The van der Waals surface area contributed by atoms with Gasteiger partial charge in [-0.05, 0) is 24.6 Å². The summed E-state index contributed by atoms with van der Waals surface area (Å²) in [6, 6.07) is 12.5. The van der Waals surface area contributed by atoms with Crippen LogP contribution >= 0.6 is 0 Å². The van der Waals surface area contributed by atoms with Crippen molar-refractivity contribution in [2.45, 2.75) is 6.92 Å². The monoisotopic (exact) mass is 220 g/mol. The first-order chi connectivity index (χ1) is 8.33. The van der Waals surface area contributed by atoms with Crippen LogP contribution in [0.5, 0.6) is 0 Å². The lowest BCUT2D eigenvalue weighted by Crippen LogP contribution is -1.84. The van der Waals surface area contributed by atoms with Crippen LogP contribution in [0, 0.1) is 6.92 Å². The van der Waals surface area contributed by atoms with E-state index >= 15 is 0 Å². The second-order valence-electron chi connectivity index (χ2n) is 4.16. The Morgan fingerprint density at radius 2 is 1.71 bits per heavy atom. The molecule has 3 aromatic rings. The maximum Gasteiger partial charge on any atom is 0.0733 e. The predicted molar refractivity (Wildman–Crippen MR) is 69.7 cm³/mol. The summed E-state index contributed by atoms with van der Waals surface area (Å²) in [7, 11) is 0. The average Bonchev–Trinajstić information content (AvgIpc) is 2.39. The van der Waals surface area contributed by atoms with Crippen molar-refractivity contribution in [2.24, 2.45) is 0 Å². The summed E-state index contributed by atoms with van der Waals surface area (Å²) in [6.07, 6.45) is 5.52. The minimum absolute atomic E-state index is 0.982. The number of aryl methyl sites for hydroxylation is 1. The number of nitrogens with zero attached hydrogens (tertiary/aromatic N) is 2. The van der Waals surface area contributed by atoms with Gasteiger partial charge in [-0.3, -0.25) is 9.97 Å². The van der Waals surface area contributed by atoms with Crippen molar-refractivity contribution in [3.05, 3.63) is 60.6 Å². The third-order valence-electron chi connectivity index (χ3n) is 2.87. The third-order valence-corrected chi connectivity index (χ3v) is 2.87. The smallest absolute Gasteiger partial charge is 0.0733 e. The topological polar surface area (TPSA) is 25.8 Å². The Kier molecular flexibility index (Phi) is 2.33. The molecule has 0 saturated heterocycles. The van der Waals surface area contributed by atoms with Crippen molar-refractivity contribution in [1.29, 1.82) is 0 Å². The van der Waals surface area contributed by atoms with Crippen LogP contribution in [-0.2, 0) is 0 Å². The van der Waals surface area contributed by atoms with Crippen molar-refractivity contribution in [3.63, 3.8) is 0 Å². The first-order valence-corrected chi connectivity index (χ1v) is 5.60. The molecule has 2 heterocycles. The van der Waals surface area contributed by atoms with Crippen molar-refractivity contribution in [2.75, 3.05) is 0 Å². The van der Waals surface area contributed by atoms with E-state index in [4.69, 9.17) is 0 Å². The summed E-state index contributed by atoms with van der Waals surface area (Å²) in [6.45, 7) is 2.09. The van der Waals surface area contributed by atoms with Gasteiger partial charge >= 0.3 is 0 Å². The maximum absolute atomic E-state index is 4.44. The fourth-order valence-corrected chi connectivity index (χ4v) is 1.88. The Hall–Kier alpha value is -2.22. The van der Waals surface area contributed by atoms with Crippen LogP contribution in [0.3, 0.4) is 0 Å². The van der Waals surface area contributed by atoms with E-state index in [1.807, 2.05) is 18.5 Å². The number of benzene rings is 1. The molecule has 0 aliphatic carbocycles. The molecular formula is C15H12N2. The Bertz CT molecular complexity index is 657. The van der Waals surface area contributed by atoms with Crippen LogP contribution in [0.25, 0.3) is 22.0 Å². The summed E-state index contributed by atoms with van der Waals surface area (Å²) in [4.78, 5) is 8.56. The van der Waals surface area contributed by atoms with Crippen molar-refractivity contribution in [3.8, 4) is 11.1 Å². The SMILES string of the molecule is Cc1ccc(-c2cnc3ccncc3c2)cc1. The summed E-state index contributed by atoms with van der Waals surface area (Å²) in [5, 5.41) is 1.07. The molecule has 0 bridgehead atoms. The molecule has 1 aromatic carbocycles. The molecule has 0 amide bonds. The van der Waals surface area contributed by atoms with Crippen LogP contribution in [-0.4, -0.2) is 9.97 Å². The largest absolute Gasteiger partial charge is 0.264 e. The third kappa shape index (κ3) is 1.89. The minimum atomic E-state index is 0.982. The number of hydrogen-bond acceptors (Lipinski definition) is 2. The molecule has 17 heavy (non-hydrogen) atoms. The minimum Gasteiger partial charge on any atom is -0.264 e. The van der Waals surface area contributed by atoms with Crippen molar-refractivity contribution < 1.29 is 0 Å². The van der Waals surface area contributed by atoms with Crippen molar-refractivity contribution >= 4 is 10.9 Å². The zero-order chi connectivity index (χ0) is 11.7. The maximum atomic E-state index is 4.44. The van der Waals surface area contributed by atoms with E-state index in [2.05, 4.69) is 47.2 Å². The molecule has 0 fully saturated rings. The summed E-state index contributed by atoms with van der Waals surface area (Å²) < 4.78 is 0. The lowest BCUT2D eigenvalue weighted by atomic mass is 10.0. The highest BCUT2D eigenvalue weighted by Crippen LogP contribution is 2.22. The van der Waals surface area contributed by atoms with Gasteiger partial charge in [0, 0.05) is 29.5 Å². The van der Waals surface area contributed by atoms with E-state index in [1.165, 1.54) is 11.1 Å². The Labute approximate surface area is 100.0 Å². The van der Waals surface area contributed by atoms with Gasteiger partial charge in [-0.2, -0.15) is 0 Å². The number of pyridine rings is 2. The van der Waals surface area contributed by atoms with Crippen LogP contribution in [0.15, 0.2) is 55.0 Å². The summed E-state index contributed by atoms with van der Waals surface area (Å²) in [5.74, 6) is 0. The zero-order valence-corrected chi connectivity index (χ0v) is 9.59. The van der Waals surface area contributed by atoms with Gasteiger partial charge in [-0.1, -0.05) is 29.8 Å². The lowest BCUT2D eigenvalue weighted by molar-refractivity contribution is 1.32. The van der Waals surface area contributed by atoms with E-state index in [9.17, 15) is 0 Å². The molecular weight excluding hydrogens is 208 g/mol. The van der Waals surface area contributed by atoms with Crippen LogP contribution < -0.4 is 0 Å². The molecule has 0 atom stereocenters. The van der Waals surface area contributed by atoms with Crippen molar-refractivity contribution in [1.82, 2.24) is 9.97 Å². The van der Waals surface area contributed by atoms with E-state index < -0.39 is 0 Å². The lowest BCUT2D eigenvalue weighted by Gasteiger charge is -2.03. The Morgan fingerprint density at radius 3 is 2.53 bits per heavy atom. The van der Waals surface area contributed by atoms with Gasteiger partial charge in [0.15, 0.2) is 0 Å². The molecule has 0 aliphatic rings. The highest BCUT2D eigenvalue weighted by Gasteiger charge is 2.00. The molecule has 0 saturated carbocycles. The molecule has 0 unspecified atom stereocenters. The van der Waals surface area contributed by atoms with Crippen LogP contribution in [0.2, 0.25) is 0 Å². The van der Waals surface area contributed by atoms with E-state index in [0.29, 0.717) is 0 Å². The number of hydrogen-bond donors (Lipinski definition) is 0. The number of aromatic nitrogens is 2. The second kappa shape index (κ2) is 3.98. The quantitative estimate of drug-likeness (QED) is 0.626. The normalized spacial score (nSPS) is 10.6. The Morgan fingerprint density at radius 1 is 0.882 bits per heavy atom. The zero-order valence-electron chi connectivity index (χ0n) is 9.59. The van der Waals surface area contributed by atoms with Crippen LogP contribution in [0.4, 0.5) is 0 Å². The Balaban J connectivity index is 2.14. The summed E-state index contributed by atoms with van der Waals surface area (Å²) in [5.41, 5.74) is 4.57. The first kappa shape index (κ1) is 9.97. The van der Waals surface area contributed by atoms with E-state index in [1.54, 1.807) is 6.20 Å². The van der Waals surface area contributed by atoms with Gasteiger partial charge in [0.05, 0.1) is 5.52 Å². The fourth-order valence-electron chi connectivity index (χ4n) is 1.88. The predicted octanol–water partition coefficient (Wildman–Crippen LogP) is 3.61.